The zero-order valence-corrected chi connectivity index (χ0v) is 12.7. The van der Waals surface area contributed by atoms with Crippen LogP contribution in [-0.4, -0.2) is 32.8 Å². The SMILES string of the molecule is CCN(C)C(=O)c1cc(S(=O)(=O)Cl)cc(Cl)c1Cl. The summed E-state index contributed by atoms with van der Waals surface area (Å²) in [5, 5.41) is -0.0303. The van der Waals surface area contributed by atoms with Gasteiger partial charge in [0.15, 0.2) is 0 Å². The lowest BCUT2D eigenvalue weighted by Crippen LogP contribution is -2.26. The van der Waals surface area contributed by atoms with Crippen LogP contribution in [0.2, 0.25) is 10.0 Å². The molecule has 0 N–H and O–H groups in total. The molecule has 0 bridgehead atoms. The molecule has 0 fully saturated rings. The molecule has 18 heavy (non-hydrogen) atoms. The minimum absolute atomic E-state index is 0.00559. The fourth-order valence-electron chi connectivity index (χ4n) is 1.21. The second-order valence-corrected chi connectivity index (χ2v) is 6.87. The third kappa shape index (κ3) is 3.29. The van der Waals surface area contributed by atoms with Gasteiger partial charge in [0.05, 0.1) is 20.5 Å². The maximum Gasteiger partial charge on any atom is 0.261 e. The molecule has 8 heteroatoms. The van der Waals surface area contributed by atoms with Gasteiger partial charge in [-0.05, 0) is 19.1 Å². The Kier molecular flexibility index (Phi) is 4.89. The molecule has 1 aromatic carbocycles. The largest absolute Gasteiger partial charge is 0.342 e. The average Bonchev–Trinajstić information content (AvgIpc) is 2.29. The van der Waals surface area contributed by atoms with Crippen molar-refractivity contribution < 1.29 is 13.2 Å². The smallest absolute Gasteiger partial charge is 0.261 e. The van der Waals surface area contributed by atoms with Crippen LogP contribution in [0.3, 0.4) is 0 Å². The first-order valence-corrected chi connectivity index (χ1v) is 7.94. The minimum atomic E-state index is -3.97. The van der Waals surface area contributed by atoms with E-state index in [0.29, 0.717) is 6.54 Å². The van der Waals surface area contributed by atoms with E-state index in [4.69, 9.17) is 33.9 Å². The summed E-state index contributed by atoms with van der Waals surface area (Å²) in [6, 6.07) is 2.22. The normalized spacial score (nSPS) is 11.4. The van der Waals surface area contributed by atoms with Gasteiger partial charge in [0.25, 0.3) is 15.0 Å². The molecule has 0 aromatic heterocycles. The summed E-state index contributed by atoms with van der Waals surface area (Å²) in [6.07, 6.45) is 0. The lowest BCUT2D eigenvalue weighted by molar-refractivity contribution is 0.0802. The van der Waals surface area contributed by atoms with Gasteiger partial charge in [-0.15, -0.1) is 0 Å². The van der Waals surface area contributed by atoms with E-state index in [0.717, 1.165) is 12.1 Å². The fourth-order valence-corrected chi connectivity index (χ4v) is 2.47. The zero-order chi connectivity index (χ0) is 14.1. The molecule has 1 amide bonds. The molecular weight excluding hydrogens is 321 g/mol. The summed E-state index contributed by atoms with van der Waals surface area (Å²) in [5.74, 6) is -0.424. The Hall–Kier alpha value is -0.490. The highest BCUT2D eigenvalue weighted by molar-refractivity contribution is 8.13. The molecule has 0 spiro atoms. The van der Waals surface area contributed by atoms with Crippen molar-refractivity contribution in [2.45, 2.75) is 11.8 Å². The number of benzene rings is 1. The summed E-state index contributed by atoms with van der Waals surface area (Å²) in [5.41, 5.74) is 0.00717. The fraction of sp³-hybridized carbons (Fsp3) is 0.300. The average molecular weight is 331 g/mol. The van der Waals surface area contributed by atoms with E-state index in [1.54, 1.807) is 14.0 Å². The molecule has 0 aliphatic carbocycles. The van der Waals surface area contributed by atoms with E-state index in [1.807, 2.05) is 0 Å². The molecule has 0 unspecified atom stereocenters. The van der Waals surface area contributed by atoms with Crippen LogP contribution in [0.1, 0.15) is 17.3 Å². The van der Waals surface area contributed by atoms with E-state index in [1.165, 1.54) is 4.90 Å². The maximum atomic E-state index is 12.0. The van der Waals surface area contributed by atoms with Crippen molar-refractivity contribution in [3.05, 3.63) is 27.7 Å². The number of carbonyl (C=O) groups is 1. The topological polar surface area (TPSA) is 54.5 Å². The Bertz CT molecular complexity index is 586. The first-order valence-electron chi connectivity index (χ1n) is 4.87. The summed E-state index contributed by atoms with van der Waals surface area (Å²) in [4.78, 5) is 13.1. The van der Waals surface area contributed by atoms with Crippen LogP contribution in [-0.2, 0) is 9.05 Å². The zero-order valence-electron chi connectivity index (χ0n) is 9.58. The van der Waals surface area contributed by atoms with Gasteiger partial charge in [-0.1, -0.05) is 23.2 Å². The Morgan fingerprint density at radius 3 is 2.33 bits per heavy atom. The molecule has 1 aromatic rings. The molecule has 0 atom stereocenters. The summed E-state index contributed by atoms with van der Waals surface area (Å²) < 4.78 is 22.5. The van der Waals surface area contributed by atoms with Crippen molar-refractivity contribution in [3.8, 4) is 0 Å². The number of hydrogen-bond donors (Lipinski definition) is 0. The molecule has 4 nitrogen and oxygen atoms in total. The van der Waals surface area contributed by atoms with Crippen molar-refractivity contribution in [1.82, 2.24) is 4.90 Å². The van der Waals surface area contributed by atoms with Crippen LogP contribution in [0.15, 0.2) is 17.0 Å². The highest BCUT2D eigenvalue weighted by Crippen LogP contribution is 2.31. The summed E-state index contributed by atoms with van der Waals surface area (Å²) in [7, 11) is 2.81. The van der Waals surface area contributed by atoms with E-state index in [2.05, 4.69) is 0 Å². The Balaban J connectivity index is 3.45. The van der Waals surface area contributed by atoms with Gasteiger partial charge in [-0.25, -0.2) is 8.42 Å². The predicted molar refractivity (Wildman–Crippen MR) is 72.1 cm³/mol. The monoisotopic (exact) mass is 329 g/mol. The Morgan fingerprint density at radius 1 is 1.33 bits per heavy atom. The van der Waals surface area contributed by atoms with Gasteiger partial charge in [0.1, 0.15) is 0 Å². The van der Waals surface area contributed by atoms with Crippen molar-refractivity contribution in [3.63, 3.8) is 0 Å². The van der Waals surface area contributed by atoms with Crippen molar-refractivity contribution in [1.29, 1.82) is 0 Å². The van der Waals surface area contributed by atoms with Crippen LogP contribution in [0.5, 0.6) is 0 Å². The standard InChI is InChI=1S/C10H10Cl3NO3S/c1-3-14(2)10(15)7-4-6(18(13,16)17)5-8(11)9(7)12/h4-5H,3H2,1-2H3. The van der Waals surface area contributed by atoms with E-state index >= 15 is 0 Å². The molecular formula is C10H10Cl3NO3S. The van der Waals surface area contributed by atoms with Crippen LogP contribution in [0.25, 0.3) is 0 Å². The lowest BCUT2D eigenvalue weighted by Gasteiger charge is -2.16. The Morgan fingerprint density at radius 2 is 1.89 bits per heavy atom. The van der Waals surface area contributed by atoms with E-state index < -0.39 is 15.0 Å². The number of amides is 1. The van der Waals surface area contributed by atoms with Crippen molar-refractivity contribution >= 4 is 48.8 Å². The van der Waals surface area contributed by atoms with Gasteiger partial charge in [-0.3, -0.25) is 4.79 Å². The molecule has 1 rings (SSSR count). The minimum Gasteiger partial charge on any atom is -0.342 e. The Labute approximate surface area is 120 Å². The highest BCUT2D eigenvalue weighted by atomic mass is 35.7. The molecule has 100 valence electrons. The second kappa shape index (κ2) is 5.65. The highest BCUT2D eigenvalue weighted by Gasteiger charge is 2.21. The van der Waals surface area contributed by atoms with E-state index in [9.17, 15) is 13.2 Å². The lowest BCUT2D eigenvalue weighted by atomic mass is 10.2. The molecule has 0 heterocycles. The summed E-state index contributed by atoms with van der Waals surface area (Å²) in [6.45, 7) is 2.22. The molecule has 0 saturated heterocycles. The van der Waals surface area contributed by atoms with Crippen molar-refractivity contribution in [2.75, 3.05) is 13.6 Å². The van der Waals surface area contributed by atoms with Crippen LogP contribution in [0.4, 0.5) is 0 Å². The quantitative estimate of drug-likeness (QED) is 0.801. The van der Waals surface area contributed by atoms with Gasteiger partial charge in [0.2, 0.25) is 0 Å². The first-order chi connectivity index (χ1) is 8.18. The molecule has 0 aliphatic heterocycles. The van der Waals surface area contributed by atoms with Crippen LogP contribution < -0.4 is 0 Å². The number of halogens is 3. The number of nitrogens with zero attached hydrogens (tertiary/aromatic N) is 1. The number of carbonyl (C=O) groups excluding carboxylic acids is 1. The van der Waals surface area contributed by atoms with Crippen LogP contribution in [0, 0.1) is 0 Å². The predicted octanol–water partition coefficient (Wildman–Crippen LogP) is 3.01. The summed E-state index contributed by atoms with van der Waals surface area (Å²) >= 11 is 11.7. The van der Waals surface area contributed by atoms with E-state index in [-0.39, 0.29) is 20.5 Å². The molecule has 0 radical (unpaired) electrons. The van der Waals surface area contributed by atoms with Gasteiger partial charge >= 0.3 is 0 Å². The number of rotatable bonds is 3. The van der Waals surface area contributed by atoms with Gasteiger partial charge in [0, 0.05) is 24.3 Å². The van der Waals surface area contributed by atoms with Gasteiger partial charge in [-0.2, -0.15) is 0 Å². The van der Waals surface area contributed by atoms with Gasteiger partial charge < -0.3 is 4.90 Å². The molecule has 0 aliphatic rings. The maximum absolute atomic E-state index is 12.0. The van der Waals surface area contributed by atoms with Crippen LogP contribution >= 0.6 is 33.9 Å². The third-order valence-corrected chi connectivity index (χ3v) is 4.47. The van der Waals surface area contributed by atoms with Crippen molar-refractivity contribution in [2.24, 2.45) is 0 Å². The third-order valence-electron chi connectivity index (χ3n) is 2.33. The molecule has 0 saturated carbocycles. The first kappa shape index (κ1) is 15.6. The second-order valence-electron chi connectivity index (χ2n) is 3.52. The number of hydrogen-bond acceptors (Lipinski definition) is 3.